The quantitative estimate of drug-likeness (QED) is 0.276. The van der Waals surface area contributed by atoms with Crippen LogP contribution in [0.2, 0.25) is 0 Å². The van der Waals surface area contributed by atoms with Gasteiger partial charge in [0.2, 0.25) is 5.91 Å². The van der Waals surface area contributed by atoms with Gasteiger partial charge in [-0.05, 0) is 39.9 Å². The minimum atomic E-state index is -0.992. The zero-order chi connectivity index (χ0) is 31.9. The Morgan fingerprint density at radius 2 is 1.57 bits per heavy atom. The number of amides is 1. The van der Waals surface area contributed by atoms with Crippen LogP contribution in [0.15, 0.2) is 72.8 Å². The molecule has 3 atom stereocenters. The number of carbonyl (C=O) groups is 2. The molecule has 3 aliphatic heterocycles. The van der Waals surface area contributed by atoms with Gasteiger partial charge in [0.15, 0.2) is 12.1 Å². The highest BCUT2D eigenvalue weighted by Gasteiger charge is 2.41. The van der Waals surface area contributed by atoms with Crippen molar-refractivity contribution >= 4 is 11.9 Å². The predicted molar refractivity (Wildman–Crippen MR) is 169 cm³/mol. The van der Waals surface area contributed by atoms with Crippen LogP contribution in [0.1, 0.15) is 66.8 Å². The molecular weight excluding hydrogens is 588 g/mol. The van der Waals surface area contributed by atoms with Crippen LogP contribution in [0.4, 0.5) is 0 Å². The number of aliphatic carboxylic acids is 1. The number of piperidine rings is 1. The molecule has 3 unspecified atom stereocenters. The van der Waals surface area contributed by atoms with Gasteiger partial charge in [0.25, 0.3) is 0 Å². The maximum absolute atomic E-state index is 12.0. The largest absolute Gasteiger partial charge is 0.481 e. The van der Waals surface area contributed by atoms with Crippen molar-refractivity contribution in [2.45, 2.75) is 69.5 Å². The van der Waals surface area contributed by atoms with Gasteiger partial charge in [-0.25, -0.2) is 0 Å². The first-order valence-corrected chi connectivity index (χ1v) is 16.1. The van der Waals surface area contributed by atoms with Crippen molar-refractivity contribution in [2.75, 3.05) is 32.8 Å². The highest BCUT2D eigenvalue weighted by atomic mass is 16.7. The van der Waals surface area contributed by atoms with Crippen LogP contribution in [0.3, 0.4) is 0 Å². The first kappa shape index (κ1) is 32.3. The molecule has 3 heterocycles. The van der Waals surface area contributed by atoms with E-state index in [1.165, 1.54) is 0 Å². The molecule has 10 heteroatoms. The second-order valence-electron chi connectivity index (χ2n) is 12.3. The Morgan fingerprint density at radius 1 is 0.848 bits per heavy atom. The number of benzene rings is 3. The normalized spacial score (nSPS) is 22.9. The van der Waals surface area contributed by atoms with Gasteiger partial charge in [-0.3, -0.25) is 9.59 Å². The van der Waals surface area contributed by atoms with Crippen LogP contribution < -0.4 is 5.32 Å². The van der Waals surface area contributed by atoms with E-state index in [1.54, 1.807) is 0 Å². The van der Waals surface area contributed by atoms with Gasteiger partial charge in [0.1, 0.15) is 0 Å². The van der Waals surface area contributed by atoms with Crippen molar-refractivity contribution in [3.63, 3.8) is 0 Å². The molecule has 0 saturated carbocycles. The first-order chi connectivity index (χ1) is 22.4. The molecular formula is C36H42N2O8. The molecule has 3 fully saturated rings. The first-order valence-electron chi connectivity index (χ1n) is 16.1. The van der Waals surface area contributed by atoms with Crippen molar-refractivity contribution in [1.82, 2.24) is 10.2 Å². The fraction of sp³-hybridized carbons (Fsp3) is 0.444. The highest BCUT2D eigenvalue weighted by molar-refractivity contribution is 5.80. The molecule has 10 nitrogen and oxygen atoms in total. The number of hydrogen-bond acceptors (Lipinski definition) is 8. The van der Waals surface area contributed by atoms with E-state index >= 15 is 0 Å². The van der Waals surface area contributed by atoms with Gasteiger partial charge in [-0.15, -0.1) is 0 Å². The second kappa shape index (κ2) is 14.8. The topological polar surface area (TPSA) is 127 Å². The summed E-state index contributed by atoms with van der Waals surface area (Å²) >= 11 is 0. The third-order valence-electron chi connectivity index (χ3n) is 8.98. The lowest BCUT2D eigenvalue weighted by atomic mass is 9.97. The summed E-state index contributed by atoms with van der Waals surface area (Å²) in [5.41, 5.74) is 5.72. The fourth-order valence-electron chi connectivity index (χ4n) is 6.42. The molecule has 0 aromatic heterocycles. The Labute approximate surface area is 269 Å². The molecule has 3 aromatic carbocycles. The monoisotopic (exact) mass is 630 g/mol. The Morgan fingerprint density at radius 3 is 2.28 bits per heavy atom. The van der Waals surface area contributed by atoms with E-state index in [0.717, 1.165) is 65.9 Å². The summed E-state index contributed by atoms with van der Waals surface area (Å²) < 4.78 is 25.1. The predicted octanol–water partition coefficient (Wildman–Crippen LogP) is 4.71. The summed E-state index contributed by atoms with van der Waals surface area (Å²) in [6, 6.07) is 24.0. The number of aliphatic hydroxyl groups is 1. The van der Waals surface area contributed by atoms with Crippen molar-refractivity contribution in [2.24, 2.45) is 0 Å². The summed E-state index contributed by atoms with van der Waals surface area (Å²) in [5.74, 6) is -1.70. The van der Waals surface area contributed by atoms with Gasteiger partial charge in [0.05, 0.1) is 38.4 Å². The molecule has 46 heavy (non-hydrogen) atoms. The van der Waals surface area contributed by atoms with E-state index in [0.29, 0.717) is 26.2 Å². The SMILES string of the molecule is O=C(O)CCC(=O)NCc1cccc(-c2cccc(C3OC(CN4CCC5(CC4)OCCO5)CC(c4ccc(CO)cc4)O3)c2)c1. The Bertz CT molecular complexity index is 1480. The summed E-state index contributed by atoms with van der Waals surface area (Å²) in [5, 5.41) is 21.2. The van der Waals surface area contributed by atoms with Crippen LogP contribution in [-0.4, -0.2) is 71.7 Å². The van der Waals surface area contributed by atoms with E-state index < -0.39 is 18.0 Å². The van der Waals surface area contributed by atoms with E-state index in [2.05, 4.69) is 16.3 Å². The summed E-state index contributed by atoms with van der Waals surface area (Å²) in [7, 11) is 0. The van der Waals surface area contributed by atoms with Crippen molar-refractivity contribution in [3.8, 4) is 11.1 Å². The molecule has 0 bridgehead atoms. The lowest BCUT2D eigenvalue weighted by Crippen LogP contribution is -2.48. The average Bonchev–Trinajstić information content (AvgIpc) is 3.55. The van der Waals surface area contributed by atoms with Gasteiger partial charge in [0, 0.05) is 57.4 Å². The fourth-order valence-corrected chi connectivity index (χ4v) is 6.42. The van der Waals surface area contributed by atoms with Crippen LogP contribution >= 0.6 is 0 Å². The number of carbonyl (C=O) groups excluding carboxylic acids is 1. The Hall–Kier alpha value is -3.64. The number of rotatable bonds is 11. The smallest absolute Gasteiger partial charge is 0.303 e. The lowest BCUT2D eigenvalue weighted by molar-refractivity contribution is -0.255. The summed E-state index contributed by atoms with van der Waals surface area (Å²) in [6.45, 7) is 4.18. The standard InChI is InChI=1S/C36H42N2O8/c39-24-25-7-9-27(10-8-25)32-21-31(23-38-15-13-36(14-16-38)43-17-18-44-36)45-35(46-32)30-6-2-5-29(20-30)28-4-1-3-26(19-28)22-37-33(40)11-12-34(41)42/h1-10,19-20,31-32,35,39H,11-18,21-24H2,(H,37,40)(H,41,42). The molecule has 1 amide bonds. The summed E-state index contributed by atoms with van der Waals surface area (Å²) in [6.07, 6.45) is 1.36. The maximum Gasteiger partial charge on any atom is 0.303 e. The van der Waals surface area contributed by atoms with E-state index in [-0.39, 0.29) is 37.6 Å². The number of ether oxygens (including phenoxy) is 4. The number of nitrogens with zero attached hydrogens (tertiary/aromatic N) is 1. The van der Waals surface area contributed by atoms with E-state index in [4.69, 9.17) is 24.1 Å². The van der Waals surface area contributed by atoms with Crippen molar-refractivity contribution in [3.05, 3.63) is 95.1 Å². The van der Waals surface area contributed by atoms with Crippen molar-refractivity contribution < 1.29 is 38.7 Å². The van der Waals surface area contributed by atoms with Gasteiger partial charge in [-0.1, -0.05) is 60.7 Å². The van der Waals surface area contributed by atoms with Crippen LogP contribution in [0, 0.1) is 0 Å². The molecule has 0 radical (unpaired) electrons. The lowest BCUT2D eigenvalue weighted by Gasteiger charge is -2.41. The molecule has 1 spiro atoms. The van der Waals surface area contributed by atoms with Crippen LogP contribution in [0.5, 0.6) is 0 Å². The minimum Gasteiger partial charge on any atom is -0.481 e. The maximum atomic E-state index is 12.0. The number of carboxylic acids is 1. The number of aliphatic hydroxyl groups excluding tert-OH is 1. The van der Waals surface area contributed by atoms with Crippen molar-refractivity contribution in [1.29, 1.82) is 0 Å². The zero-order valence-electron chi connectivity index (χ0n) is 25.9. The van der Waals surface area contributed by atoms with Gasteiger partial charge >= 0.3 is 5.97 Å². The molecule has 3 aliphatic rings. The average molecular weight is 631 g/mol. The minimum absolute atomic E-state index is 0.00483. The van der Waals surface area contributed by atoms with E-state index in [9.17, 15) is 14.7 Å². The van der Waals surface area contributed by atoms with Crippen LogP contribution in [0.25, 0.3) is 11.1 Å². The van der Waals surface area contributed by atoms with E-state index in [1.807, 2.05) is 66.7 Å². The third-order valence-corrected chi connectivity index (χ3v) is 8.98. The summed E-state index contributed by atoms with van der Waals surface area (Å²) in [4.78, 5) is 25.2. The molecule has 244 valence electrons. The molecule has 0 aliphatic carbocycles. The molecule has 3 N–H and O–H groups in total. The van der Waals surface area contributed by atoms with Gasteiger partial charge in [-0.2, -0.15) is 0 Å². The Kier molecular flexibility index (Phi) is 10.4. The zero-order valence-corrected chi connectivity index (χ0v) is 25.9. The Balaban J connectivity index is 1.17. The van der Waals surface area contributed by atoms with Crippen LogP contribution in [-0.2, 0) is 41.7 Å². The number of likely N-dealkylation sites (tertiary alicyclic amines) is 1. The number of carboxylic acid groups (broad SMARTS) is 1. The molecule has 3 aromatic rings. The highest BCUT2D eigenvalue weighted by Crippen LogP contribution is 2.40. The second-order valence-corrected chi connectivity index (χ2v) is 12.3. The number of nitrogens with one attached hydrogen (secondary N) is 1. The molecule has 3 saturated heterocycles. The molecule has 6 rings (SSSR count). The number of hydrogen-bond donors (Lipinski definition) is 3. The van der Waals surface area contributed by atoms with Gasteiger partial charge < -0.3 is 39.4 Å². The third kappa shape index (κ3) is 8.19.